The summed E-state index contributed by atoms with van der Waals surface area (Å²) in [5.74, 6) is 0. The van der Waals surface area contributed by atoms with E-state index in [9.17, 15) is 0 Å². The van der Waals surface area contributed by atoms with Crippen LogP contribution in [-0.4, -0.2) is 0 Å². The van der Waals surface area contributed by atoms with Crippen LogP contribution in [-0.2, 0) is 5.41 Å². The van der Waals surface area contributed by atoms with Crippen molar-refractivity contribution in [3.63, 3.8) is 0 Å². The van der Waals surface area contributed by atoms with Gasteiger partial charge in [0.2, 0.25) is 0 Å². The minimum atomic E-state index is -0.538. The van der Waals surface area contributed by atoms with Crippen LogP contribution in [0.2, 0.25) is 0 Å². The lowest BCUT2D eigenvalue weighted by atomic mass is 9.67. The zero-order valence-electron chi connectivity index (χ0n) is 51.1. The fourth-order valence-electron chi connectivity index (χ4n) is 14.5. The van der Waals surface area contributed by atoms with Crippen LogP contribution in [0, 0.1) is 6.92 Å². The predicted octanol–water partition coefficient (Wildman–Crippen LogP) is 24.5. The SMILES string of the molecule is Cc1cccc2c1-c1ccc(N(c3ccccc3)c3ccc(-c4cc(-c5ccccc5)c(-c5ccc(N(c6ccccc6)c6ccc(-c7ccccc7-c7cccc8ccccc78)cc6)cc5)cc4-c4ccccc4)cc3)cc1C2(c1ccccc1)c1ccccc1. The number of fused-ring (bicyclic) bond motifs is 4. The largest absolute Gasteiger partial charge is 0.311 e. The zero-order valence-corrected chi connectivity index (χ0v) is 51.1. The third-order valence-corrected chi connectivity index (χ3v) is 18.7. The maximum Gasteiger partial charge on any atom is 0.0714 e. The van der Waals surface area contributed by atoms with Gasteiger partial charge in [-0.2, -0.15) is 0 Å². The van der Waals surface area contributed by atoms with Crippen LogP contribution in [0.4, 0.5) is 34.1 Å². The Bertz CT molecular complexity index is 5060. The second kappa shape index (κ2) is 23.9. The molecule has 16 rings (SSSR count). The first kappa shape index (κ1) is 55.5. The van der Waals surface area contributed by atoms with Crippen molar-refractivity contribution in [1.29, 1.82) is 0 Å². The molecule has 0 N–H and O–H groups in total. The lowest BCUT2D eigenvalue weighted by Crippen LogP contribution is -2.28. The Balaban J connectivity index is 0.787. The molecule has 1 aliphatic rings. The van der Waals surface area contributed by atoms with E-state index in [0.717, 1.165) is 78.6 Å². The first-order valence-corrected chi connectivity index (χ1v) is 31.8. The molecule has 0 bridgehead atoms. The molecule has 2 heteroatoms. The quantitative estimate of drug-likeness (QED) is 0.107. The van der Waals surface area contributed by atoms with Crippen molar-refractivity contribution in [2.24, 2.45) is 0 Å². The van der Waals surface area contributed by atoms with Gasteiger partial charge >= 0.3 is 0 Å². The summed E-state index contributed by atoms with van der Waals surface area (Å²) in [6.07, 6.45) is 0. The van der Waals surface area contributed by atoms with Gasteiger partial charge in [0.15, 0.2) is 0 Å². The minimum absolute atomic E-state index is 0.538. The Kier molecular flexibility index (Phi) is 14.4. The molecule has 0 fully saturated rings. The lowest BCUT2D eigenvalue weighted by Gasteiger charge is -2.35. The standard InChI is InChI=1S/C90H64N2/c1-63-26-24-45-87-89(63)82-59-58-77(60-88(82)90(87,70-33-12-4-13-34-70)71-35-14-5-15-36-71)92(73-39-18-7-19-40-73)76-56-50-69(51-57-76)86-62-83(65-27-8-2-9-28-65)85(61-84(86)66-29-10-3-11-30-66)68-48-54-75(55-49-68)91(72-37-16-6-17-38-72)74-52-46-67(47-53-74)79-42-22-23-43-80(79)81-44-25-32-64-31-20-21-41-78(64)81/h2-62H,1H3. The molecular formula is C90H64N2. The van der Waals surface area contributed by atoms with Crippen molar-refractivity contribution in [1.82, 2.24) is 0 Å². The molecule has 92 heavy (non-hydrogen) atoms. The maximum absolute atomic E-state index is 2.46. The van der Waals surface area contributed by atoms with E-state index < -0.39 is 5.41 Å². The molecule has 0 radical (unpaired) electrons. The van der Waals surface area contributed by atoms with Gasteiger partial charge in [-0.1, -0.05) is 285 Å². The fraction of sp³-hybridized carbons (Fsp3) is 0.0222. The van der Waals surface area contributed by atoms with Crippen molar-refractivity contribution in [3.05, 3.63) is 398 Å². The normalized spacial score (nSPS) is 12.1. The van der Waals surface area contributed by atoms with Crippen LogP contribution in [0.25, 0.3) is 88.7 Å². The van der Waals surface area contributed by atoms with Crippen molar-refractivity contribution < 1.29 is 0 Å². The van der Waals surface area contributed by atoms with Gasteiger partial charge in [0.25, 0.3) is 0 Å². The lowest BCUT2D eigenvalue weighted by molar-refractivity contribution is 0.768. The molecule has 0 unspecified atom stereocenters. The van der Waals surface area contributed by atoms with Gasteiger partial charge in [0.05, 0.1) is 5.41 Å². The highest BCUT2D eigenvalue weighted by molar-refractivity contribution is 6.01. The first-order valence-electron chi connectivity index (χ1n) is 31.8. The van der Waals surface area contributed by atoms with Crippen LogP contribution in [0.5, 0.6) is 0 Å². The Hall–Kier alpha value is -11.8. The summed E-state index contributed by atoms with van der Waals surface area (Å²) in [5, 5.41) is 2.49. The highest BCUT2D eigenvalue weighted by atomic mass is 15.1. The van der Waals surface area contributed by atoms with Gasteiger partial charge in [-0.25, -0.2) is 0 Å². The Morgan fingerprint density at radius 2 is 0.576 bits per heavy atom. The van der Waals surface area contributed by atoms with E-state index in [1.165, 1.54) is 72.0 Å². The molecule has 434 valence electrons. The van der Waals surface area contributed by atoms with Gasteiger partial charge in [-0.3, -0.25) is 0 Å². The summed E-state index contributed by atoms with van der Waals surface area (Å²) in [4.78, 5) is 4.78. The summed E-state index contributed by atoms with van der Waals surface area (Å²) >= 11 is 0. The molecule has 0 atom stereocenters. The van der Waals surface area contributed by atoms with Crippen LogP contribution < -0.4 is 9.80 Å². The summed E-state index contributed by atoms with van der Waals surface area (Å²) in [6, 6.07) is 136. The number of aryl methyl sites for hydroxylation is 1. The summed E-state index contributed by atoms with van der Waals surface area (Å²) in [7, 11) is 0. The fourth-order valence-corrected chi connectivity index (χ4v) is 14.5. The van der Waals surface area contributed by atoms with E-state index in [-0.39, 0.29) is 0 Å². The molecule has 15 aromatic carbocycles. The van der Waals surface area contributed by atoms with Gasteiger partial charge < -0.3 is 9.80 Å². The Morgan fingerprint density at radius 1 is 0.217 bits per heavy atom. The molecule has 0 heterocycles. The summed E-state index contributed by atoms with van der Waals surface area (Å²) in [5.41, 5.74) is 29.0. The van der Waals surface area contributed by atoms with Gasteiger partial charge in [-0.15, -0.1) is 0 Å². The van der Waals surface area contributed by atoms with Crippen LogP contribution in [0.3, 0.4) is 0 Å². The second-order valence-corrected chi connectivity index (χ2v) is 23.9. The van der Waals surface area contributed by atoms with Crippen LogP contribution >= 0.6 is 0 Å². The van der Waals surface area contributed by atoms with E-state index in [0.29, 0.717) is 0 Å². The number of nitrogens with zero attached hydrogens (tertiary/aromatic N) is 2. The zero-order chi connectivity index (χ0) is 61.4. The minimum Gasteiger partial charge on any atom is -0.311 e. The van der Waals surface area contributed by atoms with Crippen molar-refractivity contribution in [3.8, 4) is 77.9 Å². The average Bonchev–Trinajstić information content (AvgIpc) is 1.53. The van der Waals surface area contributed by atoms with Crippen molar-refractivity contribution in [2.75, 3.05) is 9.80 Å². The van der Waals surface area contributed by atoms with E-state index in [4.69, 9.17) is 0 Å². The number of hydrogen-bond donors (Lipinski definition) is 0. The van der Waals surface area contributed by atoms with Crippen molar-refractivity contribution >= 4 is 44.9 Å². The molecule has 2 nitrogen and oxygen atoms in total. The van der Waals surface area contributed by atoms with Gasteiger partial charge in [0, 0.05) is 34.1 Å². The second-order valence-electron chi connectivity index (χ2n) is 23.9. The maximum atomic E-state index is 2.46. The first-order chi connectivity index (χ1) is 45.6. The van der Waals surface area contributed by atoms with E-state index in [1.807, 2.05) is 0 Å². The highest BCUT2D eigenvalue weighted by Crippen LogP contribution is 2.58. The number of hydrogen-bond acceptors (Lipinski definition) is 2. The average molecular weight is 1170 g/mol. The van der Waals surface area contributed by atoms with Crippen molar-refractivity contribution in [2.45, 2.75) is 12.3 Å². The smallest absolute Gasteiger partial charge is 0.0714 e. The molecule has 0 saturated carbocycles. The monoisotopic (exact) mass is 1170 g/mol. The molecular weight excluding hydrogens is 1110 g/mol. The third kappa shape index (κ3) is 9.87. The molecule has 0 aromatic heterocycles. The highest BCUT2D eigenvalue weighted by Gasteiger charge is 2.47. The van der Waals surface area contributed by atoms with E-state index in [2.05, 4.69) is 387 Å². The molecule has 15 aromatic rings. The van der Waals surface area contributed by atoms with Gasteiger partial charge in [0.1, 0.15) is 0 Å². The number of rotatable bonds is 14. The Labute approximate surface area is 539 Å². The molecule has 0 amide bonds. The molecule has 1 aliphatic carbocycles. The number of anilines is 6. The Morgan fingerprint density at radius 3 is 1.09 bits per heavy atom. The molecule has 0 saturated heterocycles. The number of para-hydroxylation sites is 2. The third-order valence-electron chi connectivity index (χ3n) is 18.7. The molecule has 0 spiro atoms. The molecule has 0 aliphatic heterocycles. The number of benzene rings is 15. The summed E-state index contributed by atoms with van der Waals surface area (Å²) < 4.78 is 0. The van der Waals surface area contributed by atoms with E-state index in [1.54, 1.807) is 0 Å². The predicted molar refractivity (Wildman–Crippen MR) is 388 cm³/mol. The van der Waals surface area contributed by atoms with E-state index >= 15 is 0 Å². The summed E-state index contributed by atoms with van der Waals surface area (Å²) in [6.45, 7) is 2.26. The van der Waals surface area contributed by atoms with Crippen LogP contribution in [0.1, 0.15) is 27.8 Å². The van der Waals surface area contributed by atoms with Gasteiger partial charge in [-0.05, 0) is 208 Å². The van der Waals surface area contributed by atoms with Crippen LogP contribution in [0.15, 0.2) is 370 Å². The topological polar surface area (TPSA) is 6.48 Å².